The van der Waals surface area contributed by atoms with E-state index in [1.165, 1.54) is 32.3 Å². The summed E-state index contributed by atoms with van der Waals surface area (Å²) in [5.41, 5.74) is 0.558. The summed E-state index contributed by atoms with van der Waals surface area (Å²) in [6.45, 7) is 1.61. The number of carbonyl (C=O) groups is 1. The first-order valence-electron chi connectivity index (χ1n) is 9.35. The first kappa shape index (κ1) is 23.9. The van der Waals surface area contributed by atoms with Gasteiger partial charge in [0.1, 0.15) is 9.88 Å². The Morgan fingerprint density at radius 1 is 1.09 bits per heavy atom. The molecular weight excluding hydrogens is 463 g/mol. The normalized spacial score (nSPS) is 12.2. The van der Waals surface area contributed by atoms with Crippen LogP contribution in [0.5, 0.6) is 0 Å². The van der Waals surface area contributed by atoms with Crippen LogP contribution in [-0.4, -0.2) is 37.7 Å². The molecular formula is C21H20F3N3O3S2. The van der Waals surface area contributed by atoms with Crippen molar-refractivity contribution >= 4 is 27.3 Å². The number of rotatable bonds is 6. The molecule has 1 aromatic heterocycles. The molecule has 0 radical (unpaired) electrons. The Morgan fingerprint density at radius 2 is 1.72 bits per heavy atom. The molecule has 0 fully saturated rings. The van der Waals surface area contributed by atoms with Crippen molar-refractivity contribution in [3.05, 3.63) is 70.2 Å². The number of sulfonamides is 1. The van der Waals surface area contributed by atoms with Crippen molar-refractivity contribution < 1.29 is 26.4 Å². The van der Waals surface area contributed by atoms with Gasteiger partial charge in [0.15, 0.2) is 0 Å². The molecule has 0 aliphatic carbocycles. The van der Waals surface area contributed by atoms with Gasteiger partial charge < -0.3 is 5.32 Å². The zero-order valence-electron chi connectivity index (χ0n) is 17.4. The highest BCUT2D eigenvalue weighted by Gasteiger charge is 2.30. The van der Waals surface area contributed by atoms with Crippen LogP contribution in [0.3, 0.4) is 0 Å². The van der Waals surface area contributed by atoms with E-state index in [9.17, 15) is 26.4 Å². The topological polar surface area (TPSA) is 79.4 Å². The standard InChI is InChI=1S/C21H20F3N3O3S2/c1-13-18(31-20(26-13)14-8-10-16(11-9-14)21(22,23)24)19(28)25-12-15-6-4-5-7-17(15)32(29,30)27(2)3/h4-11H,12H2,1-3H3,(H,25,28). The minimum absolute atomic E-state index is 0.0188. The molecule has 170 valence electrons. The summed E-state index contributed by atoms with van der Waals surface area (Å²) in [4.78, 5) is 17.4. The number of thiazole rings is 1. The highest BCUT2D eigenvalue weighted by molar-refractivity contribution is 7.89. The van der Waals surface area contributed by atoms with Crippen LogP contribution in [-0.2, 0) is 22.7 Å². The maximum atomic E-state index is 12.8. The number of nitrogens with zero attached hydrogens (tertiary/aromatic N) is 2. The number of nitrogens with one attached hydrogen (secondary N) is 1. The van der Waals surface area contributed by atoms with E-state index in [4.69, 9.17) is 0 Å². The number of alkyl halides is 3. The van der Waals surface area contributed by atoms with Crippen molar-refractivity contribution in [2.45, 2.75) is 24.5 Å². The molecule has 0 unspecified atom stereocenters. The first-order chi connectivity index (χ1) is 14.9. The van der Waals surface area contributed by atoms with E-state index in [0.717, 1.165) is 27.8 Å². The highest BCUT2D eigenvalue weighted by atomic mass is 32.2. The number of aryl methyl sites for hydroxylation is 1. The van der Waals surface area contributed by atoms with Gasteiger partial charge in [-0.15, -0.1) is 11.3 Å². The van der Waals surface area contributed by atoms with Crippen LogP contribution in [0.25, 0.3) is 10.6 Å². The number of benzene rings is 2. The Morgan fingerprint density at radius 3 is 2.31 bits per heavy atom. The van der Waals surface area contributed by atoms with Crippen molar-refractivity contribution in [2.75, 3.05) is 14.1 Å². The lowest BCUT2D eigenvalue weighted by Gasteiger charge is -2.15. The number of aromatic nitrogens is 1. The van der Waals surface area contributed by atoms with Gasteiger partial charge in [-0.25, -0.2) is 17.7 Å². The van der Waals surface area contributed by atoms with E-state index in [1.807, 2.05) is 0 Å². The second-order valence-corrected chi connectivity index (χ2v) is 10.2. The largest absolute Gasteiger partial charge is 0.416 e. The summed E-state index contributed by atoms with van der Waals surface area (Å²) >= 11 is 1.05. The summed E-state index contributed by atoms with van der Waals surface area (Å²) in [6, 6.07) is 10.9. The second kappa shape index (κ2) is 9.00. The van der Waals surface area contributed by atoms with Gasteiger partial charge in [0.05, 0.1) is 16.2 Å². The molecule has 0 aliphatic heterocycles. The van der Waals surface area contributed by atoms with Crippen molar-refractivity contribution in [3.63, 3.8) is 0 Å². The second-order valence-electron chi connectivity index (χ2n) is 7.09. The van der Waals surface area contributed by atoms with E-state index >= 15 is 0 Å². The number of amides is 1. The molecule has 0 saturated carbocycles. The molecule has 0 spiro atoms. The quantitative estimate of drug-likeness (QED) is 0.567. The average Bonchev–Trinajstić information content (AvgIpc) is 3.13. The monoisotopic (exact) mass is 483 g/mol. The summed E-state index contributed by atoms with van der Waals surface area (Å²) in [5, 5.41) is 3.11. The molecule has 1 heterocycles. The fraction of sp³-hybridized carbons (Fsp3) is 0.238. The number of carbonyl (C=O) groups excluding carboxylic acids is 1. The zero-order valence-corrected chi connectivity index (χ0v) is 19.0. The number of hydrogen-bond acceptors (Lipinski definition) is 5. The maximum absolute atomic E-state index is 12.8. The van der Waals surface area contributed by atoms with Crippen LogP contribution < -0.4 is 5.32 Å². The molecule has 11 heteroatoms. The molecule has 32 heavy (non-hydrogen) atoms. The van der Waals surface area contributed by atoms with Crippen LogP contribution in [0.15, 0.2) is 53.4 Å². The van der Waals surface area contributed by atoms with Gasteiger partial charge in [-0.3, -0.25) is 4.79 Å². The van der Waals surface area contributed by atoms with Gasteiger partial charge >= 0.3 is 6.18 Å². The molecule has 3 rings (SSSR count). The Bertz CT molecular complexity index is 1240. The lowest BCUT2D eigenvalue weighted by Crippen LogP contribution is -2.27. The lowest BCUT2D eigenvalue weighted by molar-refractivity contribution is -0.137. The van der Waals surface area contributed by atoms with E-state index in [-0.39, 0.29) is 11.4 Å². The summed E-state index contributed by atoms with van der Waals surface area (Å²) in [7, 11) is -0.833. The van der Waals surface area contributed by atoms with Gasteiger partial charge in [0, 0.05) is 26.2 Å². The SMILES string of the molecule is Cc1nc(-c2ccc(C(F)(F)F)cc2)sc1C(=O)NCc1ccccc1S(=O)(=O)N(C)C. The van der Waals surface area contributed by atoms with Crippen LogP contribution in [0.4, 0.5) is 13.2 Å². The summed E-state index contributed by atoms with van der Waals surface area (Å²) < 4.78 is 64.4. The van der Waals surface area contributed by atoms with E-state index in [0.29, 0.717) is 26.7 Å². The average molecular weight is 484 g/mol. The minimum Gasteiger partial charge on any atom is -0.347 e. The number of halogens is 3. The Labute approximate surface area is 187 Å². The maximum Gasteiger partial charge on any atom is 0.416 e. The lowest BCUT2D eigenvalue weighted by atomic mass is 10.1. The van der Waals surface area contributed by atoms with Crippen molar-refractivity contribution in [1.29, 1.82) is 0 Å². The molecule has 2 aromatic carbocycles. The van der Waals surface area contributed by atoms with Crippen LogP contribution >= 0.6 is 11.3 Å². The Kier molecular flexibility index (Phi) is 6.72. The van der Waals surface area contributed by atoms with Crippen molar-refractivity contribution in [1.82, 2.24) is 14.6 Å². The minimum atomic E-state index is -4.43. The molecule has 0 atom stereocenters. The molecule has 3 aromatic rings. The molecule has 6 nitrogen and oxygen atoms in total. The van der Waals surface area contributed by atoms with Gasteiger partial charge in [0.2, 0.25) is 10.0 Å². The van der Waals surface area contributed by atoms with Gasteiger partial charge in [-0.1, -0.05) is 30.3 Å². The smallest absolute Gasteiger partial charge is 0.347 e. The highest BCUT2D eigenvalue weighted by Crippen LogP contribution is 2.33. The van der Waals surface area contributed by atoms with Gasteiger partial charge in [0.25, 0.3) is 5.91 Å². The number of hydrogen-bond donors (Lipinski definition) is 1. The Hall–Kier alpha value is -2.76. The van der Waals surface area contributed by atoms with Crippen LogP contribution in [0, 0.1) is 6.92 Å². The van der Waals surface area contributed by atoms with Crippen LogP contribution in [0.2, 0.25) is 0 Å². The van der Waals surface area contributed by atoms with E-state index in [2.05, 4.69) is 10.3 Å². The van der Waals surface area contributed by atoms with E-state index < -0.39 is 27.7 Å². The molecule has 0 aliphatic rings. The predicted octanol–water partition coefficient (Wildman–Crippen LogP) is 4.32. The molecule has 0 saturated heterocycles. The fourth-order valence-corrected chi connectivity index (χ4v) is 4.99. The fourth-order valence-electron chi connectivity index (χ4n) is 2.89. The summed E-state index contributed by atoms with van der Waals surface area (Å²) in [6.07, 6.45) is -4.43. The van der Waals surface area contributed by atoms with Gasteiger partial charge in [-0.05, 0) is 30.7 Å². The zero-order chi connectivity index (χ0) is 23.7. The third-order valence-corrected chi connectivity index (χ3v) is 7.75. The molecule has 0 bridgehead atoms. The Balaban J connectivity index is 1.79. The first-order valence-corrected chi connectivity index (χ1v) is 11.6. The van der Waals surface area contributed by atoms with E-state index in [1.54, 1.807) is 25.1 Å². The predicted molar refractivity (Wildman–Crippen MR) is 116 cm³/mol. The molecule has 1 amide bonds. The third kappa shape index (κ3) is 5.00. The van der Waals surface area contributed by atoms with Crippen molar-refractivity contribution in [3.8, 4) is 10.6 Å². The summed E-state index contributed by atoms with van der Waals surface area (Å²) in [5.74, 6) is -0.449. The van der Waals surface area contributed by atoms with Gasteiger partial charge in [-0.2, -0.15) is 13.2 Å². The van der Waals surface area contributed by atoms with Crippen molar-refractivity contribution in [2.24, 2.45) is 0 Å². The van der Waals surface area contributed by atoms with Crippen LogP contribution in [0.1, 0.15) is 26.5 Å². The third-order valence-electron chi connectivity index (χ3n) is 4.63. The molecule has 1 N–H and O–H groups in total.